The molecule has 0 radical (unpaired) electrons. The number of carbonyl (C=O) groups excluding carboxylic acids is 1. The first-order valence-electron chi connectivity index (χ1n) is 9.13. The number of rotatable bonds is 6. The Bertz CT molecular complexity index is 1300. The van der Waals surface area contributed by atoms with E-state index in [1.807, 2.05) is 6.07 Å². The number of carbonyl (C=O) groups is 1. The summed E-state index contributed by atoms with van der Waals surface area (Å²) in [5.41, 5.74) is 1.09. The first kappa shape index (κ1) is 19.0. The number of pyridine rings is 1. The van der Waals surface area contributed by atoms with E-state index in [0.29, 0.717) is 28.3 Å². The molecule has 0 aliphatic rings. The average molecular weight is 400 g/mol. The van der Waals surface area contributed by atoms with Crippen molar-refractivity contribution in [2.24, 2.45) is 0 Å². The quantitative estimate of drug-likeness (QED) is 0.462. The molecule has 0 saturated carbocycles. The molecule has 30 heavy (non-hydrogen) atoms. The van der Waals surface area contributed by atoms with Gasteiger partial charge >= 0.3 is 11.7 Å². The van der Waals surface area contributed by atoms with Crippen molar-refractivity contribution in [1.29, 1.82) is 5.26 Å². The zero-order valence-corrected chi connectivity index (χ0v) is 15.8. The molecule has 0 unspecified atom stereocenters. The van der Waals surface area contributed by atoms with Crippen LogP contribution < -0.4 is 10.4 Å². The van der Waals surface area contributed by atoms with E-state index < -0.39 is 5.97 Å². The zero-order valence-electron chi connectivity index (χ0n) is 15.8. The van der Waals surface area contributed by atoms with E-state index in [2.05, 4.69) is 5.10 Å². The molecule has 4 aromatic rings. The second kappa shape index (κ2) is 8.32. The van der Waals surface area contributed by atoms with Gasteiger partial charge in [-0.05, 0) is 54.6 Å². The summed E-state index contributed by atoms with van der Waals surface area (Å²) in [7, 11) is 0. The van der Waals surface area contributed by atoms with Crippen LogP contribution >= 0.6 is 0 Å². The molecule has 8 heteroatoms. The number of fused-ring (bicyclic) bond motifs is 1. The molecular formula is C22H16N4O4. The van der Waals surface area contributed by atoms with Crippen molar-refractivity contribution in [2.45, 2.75) is 6.54 Å². The lowest BCUT2D eigenvalue weighted by Gasteiger charge is -2.08. The van der Waals surface area contributed by atoms with Crippen LogP contribution in [-0.2, 0) is 11.3 Å². The number of nitrogens with zero attached hydrogens (tertiary/aromatic N) is 4. The lowest BCUT2D eigenvalue weighted by Crippen LogP contribution is -2.24. The lowest BCUT2D eigenvalue weighted by molar-refractivity contribution is 0.0486. The number of esters is 1. The van der Waals surface area contributed by atoms with Crippen LogP contribution in [0.4, 0.5) is 0 Å². The monoisotopic (exact) mass is 400 g/mol. The van der Waals surface area contributed by atoms with Crippen molar-refractivity contribution in [3.05, 3.63) is 94.5 Å². The Morgan fingerprint density at radius 1 is 1.03 bits per heavy atom. The number of nitriles is 1. The fourth-order valence-corrected chi connectivity index (χ4v) is 2.84. The first-order valence-corrected chi connectivity index (χ1v) is 9.13. The summed E-state index contributed by atoms with van der Waals surface area (Å²) < 4.78 is 13.7. The summed E-state index contributed by atoms with van der Waals surface area (Å²) in [6.45, 7) is 0.150. The Labute approximate surface area is 171 Å². The van der Waals surface area contributed by atoms with Crippen molar-refractivity contribution >= 4 is 11.6 Å². The predicted octanol–water partition coefficient (Wildman–Crippen LogP) is 3.02. The van der Waals surface area contributed by atoms with Gasteiger partial charge in [-0.3, -0.25) is 4.40 Å². The van der Waals surface area contributed by atoms with E-state index in [4.69, 9.17) is 14.7 Å². The maximum absolute atomic E-state index is 12.4. The van der Waals surface area contributed by atoms with Crippen LogP contribution in [0.25, 0.3) is 5.65 Å². The number of benzene rings is 2. The predicted molar refractivity (Wildman–Crippen MR) is 107 cm³/mol. The Morgan fingerprint density at radius 2 is 1.87 bits per heavy atom. The molecule has 0 fully saturated rings. The molecule has 2 heterocycles. The van der Waals surface area contributed by atoms with E-state index in [1.165, 1.54) is 9.08 Å². The van der Waals surface area contributed by atoms with Gasteiger partial charge in [-0.2, -0.15) is 5.26 Å². The highest BCUT2D eigenvalue weighted by atomic mass is 16.5. The van der Waals surface area contributed by atoms with Crippen LogP contribution in [0.1, 0.15) is 15.9 Å². The van der Waals surface area contributed by atoms with Crippen LogP contribution in [0.15, 0.2) is 77.7 Å². The Balaban J connectivity index is 1.38. The van der Waals surface area contributed by atoms with E-state index in [1.54, 1.807) is 72.9 Å². The third kappa shape index (κ3) is 4.05. The molecular weight excluding hydrogens is 384 g/mol. The molecule has 0 spiro atoms. The standard InChI is InChI=1S/C22H16N4O4/c23-15-16-7-9-18(10-8-16)30-19-5-3-4-17(14-19)21(27)29-13-12-26-22(28)25-11-2-1-6-20(25)24-26/h1-11,14H,12-13H2. The van der Waals surface area contributed by atoms with Gasteiger partial charge < -0.3 is 9.47 Å². The normalized spacial score (nSPS) is 10.5. The zero-order chi connectivity index (χ0) is 20.9. The van der Waals surface area contributed by atoms with E-state index in [9.17, 15) is 9.59 Å². The summed E-state index contributed by atoms with van der Waals surface area (Å²) in [4.78, 5) is 24.6. The van der Waals surface area contributed by atoms with Crippen molar-refractivity contribution in [3.63, 3.8) is 0 Å². The van der Waals surface area contributed by atoms with Crippen molar-refractivity contribution in [1.82, 2.24) is 14.2 Å². The van der Waals surface area contributed by atoms with Crippen LogP contribution in [0.3, 0.4) is 0 Å². The topological polar surface area (TPSA) is 98.6 Å². The first-order chi connectivity index (χ1) is 14.6. The molecule has 0 amide bonds. The summed E-state index contributed by atoms with van der Waals surface area (Å²) in [6, 6.07) is 20.5. The molecule has 0 bridgehead atoms. The fourth-order valence-electron chi connectivity index (χ4n) is 2.84. The van der Waals surface area contributed by atoms with Crippen LogP contribution in [0.5, 0.6) is 11.5 Å². The van der Waals surface area contributed by atoms with Crippen molar-refractivity contribution < 1.29 is 14.3 Å². The SMILES string of the molecule is N#Cc1ccc(Oc2cccc(C(=O)OCCn3nc4ccccn4c3=O)c2)cc1. The Hall–Kier alpha value is -4.38. The maximum Gasteiger partial charge on any atom is 0.350 e. The molecule has 0 N–H and O–H groups in total. The highest BCUT2D eigenvalue weighted by Crippen LogP contribution is 2.22. The van der Waals surface area contributed by atoms with Crippen molar-refractivity contribution in [3.8, 4) is 17.6 Å². The van der Waals surface area contributed by atoms with Gasteiger partial charge in [0.05, 0.1) is 23.7 Å². The summed E-state index contributed by atoms with van der Waals surface area (Å²) >= 11 is 0. The highest BCUT2D eigenvalue weighted by Gasteiger charge is 2.11. The lowest BCUT2D eigenvalue weighted by atomic mass is 10.2. The molecule has 0 saturated heterocycles. The summed E-state index contributed by atoms with van der Waals surface area (Å²) in [6.07, 6.45) is 1.63. The number of ether oxygens (including phenoxy) is 2. The summed E-state index contributed by atoms with van der Waals surface area (Å²) in [5.74, 6) is 0.480. The minimum absolute atomic E-state index is 0.00330. The highest BCUT2D eigenvalue weighted by molar-refractivity contribution is 5.89. The molecule has 148 valence electrons. The smallest absolute Gasteiger partial charge is 0.350 e. The van der Waals surface area contributed by atoms with Gasteiger partial charge in [-0.1, -0.05) is 12.1 Å². The van der Waals surface area contributed by atoms with Gasteiger partial charge in [-0.15, -0.1) is 5.10 Å². The van der Waals surface area contributed by atoms with Gasteiger partial charge in [-0.25, -0.2) is 14.3 Å². The Morgan fingerprint density at radius 3 is 2.63 bits per heavy atom. The van der Waals surface area contributed by atoms with Crippen molar-refractivity contribution in [2.75, 3.05) is 6.61 Å². The van der Waals surface area contributed by atoms with Gasteiger partial charge in [0, 0.05) is 6.20 Å². The van der Waals surface area contributed by atoms with Crippen LogP contribution in [0.2, 0.25) is 0 Å². The Kier molecular flexibility index (Phi) is 5.26. The van der Waals surface area contributed by atoms with E-state index in [-0.39, 0.29) is 18.8 Å². The fraction of sp³-hybridized carbons (Fsp3) is 0.0909. The third-order valence-corrected chi connectivity index (χ3v) is 4.31. The number of aromatic nitrogens is 3. The molecule has 2 aromatic carbocycles. The van der Waals surface area contributed by atoms with Gasteiger partial charge in [0.2, 0.25) is 0 Å². The molecule has 8 nitrogen and oxygen atoms in total. The van der Waals surface area contributed by atoms with Gasteiger partial charge in [0.25, 0.3) is 0 Å². The molecule has 0 atom stereocenters. The minimum atomic E-state index is -0.530. The molecule has 4 rings (SSSR count). The number of hydrogen-bond acceptors (Lipinski definition) is 6. The molecule has 2 aromatic heterocycles. The molecule has 0 aliphatic heterocycles. The average Bonchev–Trinajstić information content (AvgIpc) is 3.10. The van der Waals surface area contributed by atoms with Crippen LogP contribution in [0, 0.1) is 11.3 Å². The van der Waals surface area contributed by atoms with Gasteiger partial charge in [0.15, 0.2) is 5.65 Å². The van der Waals surface area contributed by atoms with Crippen LogP contribution in [-0.4, -0.2) is 26.8 Å². The van der Waals surface area contributed by atoms with E-state index >= 15 is 0 Å². The third-order valence-electron chi connectivity index (χ3n) is 4.31. The maximum atomic E-state index is 12.4. The summed E-state index contributed by atoms with van der Waals surface area (Å²) in [5, 5.41) is 13.0. The minimum Gasteiger partial charge on any atom is -0.460 e. The van der Waals surface area contributed by atoms with Gasteiger partial charge in [0.1, 0.15) is 18.1 Å². The largest absolute Gasteiger partial charge is 0.460 e. The number of hydrogen-bond donors (Lipinski definition) is 0. The second-order valence-electron chi connectivity index (χ2n) is 6.34. The second-order valence-corrected chi connectivity index (χ2v) is 6.34. The van der Waals surface area contributed by atoms with E-state index in [0.717, 1.165) is 0 Å². The molecule has 0 aliphatic carbocycles.